The molecular weight excluding hydrogens is 353 g/mol. The van der Waals surface area contributed by atoms with E-state index in [1.54, 1.807) is 14.0 Å². The van der Waals surface area contributed by atoms with E-state index >= 15 is 0 Å². The molecule has 1 aliphatic rings. The van der Waals surface area contributed by atoms with E-state index in [1.807, 2.05) is 0 Å². The van der Waals surface area contributed by atoms with E-state index in [9.17, 15) is 19.6 Å². The highest BCUT2D eigenvalue weighted by atomic mass is 31.2. The highest BCUT2D eigenvalue weighted by Gasteiger charge is 2.45. The van der Waals surface area contributed by atoms with Crippen molar-refractivity contribution in [2.24, 2.45) is 0 Å². The largest absolute Gasteiger partial charge is 0.387 e. The molecule has 1 aromatic heterocycles. The molecule has 1 aliphatic heterocycles. The van der Waals surface area contributed by atoms with Gasteiger partial charge in [0.1, 0.15) is 24.1 Å². The van der Waals surface area contributed by atoms with Gasteiger partial charge in [-0.15, -0.1) is 0 Å². The van der Waals surface area contributed by atoms with Gasteiger partial charge in [0.2, 0.25) is 0 Å². The van der Waals surface area contributed by atoms with Gasteiger partial charge in [-0.1, -0.05) is 6.08 Å². The van der Waals surface area contributed by atoms with Crippen LogP contribution in [0.5, 0.6) is 0 Å². The standard InChI is InChI=1S/C14H22N3O7P/c1-4-7-25(21,22-3)23-8-9-11(18)12(19)13(24-9)17-6-5-10(15-2)16-14(17)20/h4-7,9,11-13,18-19H,8H2,1-3H3,(H,15,16,20)/b7-4+. The molecule has 0 spiro atoms. The first-order valence-corrected chi connectivity index (χ1v) is 9.18. The van der Waals surface area contributed by atoms with Crippen LogP contribution in [0.1, 0.15) is 13.2 Å². The number of anilines is 1. The fourth-order valence-electron chi connectivity index (χ4n) is 2.36. The third-order valence-electron chi connectivity index (χ3n) is 3.70. The second-order valence-electron chi connectivity index (χ2n) is 5.30. The van der Waals surface area contributed by atoms with Crippen LogP contribution in [-0.2, 0) is 18.3 Å². The highest BCUT2D eigenvalue weighted by Crippen LogP contribution is 2.49. The van der Waals surface area contributed by atoms with Gasteiger partial charge in [0.05, 0.1) is 6.61 Å². The molecule has 10 nitrogen and oxygen atoms in total. The Morgan fingerprint density at radius 1 is 1.48 bits per heavy atom. The lowest BCUT2D eigenvalue weighted by molar-refractivity contribution is -0.0524. The van der Waals surface area contributed by atoms with Crippen molar-refractivity contribution in [3.8, 4) is 0 Å². The van der Waals surface area contributed by atoms with Gasteiger partial charge >= 0.3 is 13.3 Å². The number of aliphatic hydroxyl groups excluding tert-OH is 2. The molecule has 5 unspecified atom stereocenters. The maximum absolute atomic E-state index is 12.2. The minimum atomic E-state index is -3.45. The van der Waals surface area contributed by atoms with Crippen LogP contribution in [0.3, 0.4) is 0 Å². The Hall–Kier alpha value is -1.55. The van der Waals surface area contributed by atoms with E-state index in [2.05, 4.69) is 10.3 Å². The molecule has 0 radical (unpaired) electrons. The van der Waals surface area contributed by atoms with E-state index < -0.39 is 37.8 Å². The maximum atomic E-state index is 12.2. The monoisotopic (exact) mass is 375 g/mol. The van der Waals surface area contributed by atoms with Crippen LogP contribution in [0.15, 0.2) is 29.0 Å². The highest BCUT2D eigenvalue weighted by molar-refractivity contribution is 7.57. The fraction of sp³-hybridized carbons (Fsp3) is 0.571. The van der Waals surface area contributed by atoms with Crippen LogP contribution in [0.25, 0.3) is 0 Å². The van der Waals surface area contributed by atoms with Gasteiger partial charge in [-0.2, -0.15) is 4.98 Å². The number of aromatic nitrogens is 2. The van der Waals surface area contributed by atoms with E-state index in [1.165, 1.54) is 31.3 Å². The van der Waals surface area contributed by atoms with Crippen molar-refractivity contribution < 1.29 is 28.6 Å². The number of hydrogen-bond donors (Lipinski definition) is 3. The first-order chi connectivity index (χ1) is 11.8. The molecule has 0 aromatic carbocycles. The van der Waals surface area contributed by atoms with E-state index in [0.717, 1.165) is 4.57 Å². The predicted octanol–water partition coefficient (Wildman–Crippen LogP) is 0.294. The number of nitrogens with zero attached hydrogens (tertiary/aromatic N) is 2. The molecule has 2 heterocycles. The lowest BCUT2D eigenvalue weighted by Gasteiger charge is -2.18. The van der Waals surface area contributed by atoms with Crippen molar-refractivity contribution in [1.29, 1.82) is 0 Å². The van der Waals surface area contributed by atoms with Crippen molar-refractivity contribution in [2.45, 2.75) is 31.5 Å². The minimum Gasteiger partial charge on any atom is -0.387 e. The first-order valence-electron chi connectivity index (χ1n) is 7.57. The Bertz CT molecular complexity index is 723. The van der Waals surface area contributed by atoms with E-state index in [0.29, 0.717) is 5.82 Å². The molecule has 2 rings (SSSR count). The number of rotatable bonds is 7. The summed E-state index contributed by atoms with van der Waals surface area (Å²) < 4.78 is 28.8. The SMILES string of the molecule is C/C=C/P(=O)(OC)OCC1OC(n2ccc(NC)nc2=O)C(O)C1O. The molecule has 11 heteroatoms. The van der Waals surface area contributed by atoms with Crippen molar-refractivity contribution in [3.63, 3.8) is 0 Å². The zero-order chi connectivity index (χ0) is 18.6. The molecular formula is C14H22N3O7P. The smallest absolute Gasteiger partial charge is 0.353 e. The van der Waals surface area contributed by atoms with Crippen molar-refractivity contribution >= 4 is 13.4 Å². The summed E-state index contributed by atoms with van der Waals surface area (Å²) in [7, 11) is -0.604. The fourth-order valence-corrected chi connectivity index (χ4v) is 3.39. The first kappa shape index (κ1) is 19.8. The van der Waals surface area contributed by atoms with Gasteiger partial charge in [-0.05, 0) is 13.0 Å². The zero-order valence-electron chi connectivity index (χ0n) is 14.1. The summed E-state index contributed by atoms with van der Waals surface area (Å²) in [5, 5.41) is 23.0. The maximum Gasteiger partial charge on any atom is 0.353 e. The topological polar surface area (TPSA) is 132 Å². The van der Waals surface area contributed by atoms with Gasteiger partial charge in [-0.25, -0.2) is 4.79 Å². The molecule has 1 fully saturated rings. The number of hydrogen-bond acceptors (Lipinski definition) is 9. The summed E-state index contributed by atoms with van der Waals surface area (Å²) in [6.45, 7) is 1.37. The van der Waals surface area contributed by atoms with Crippen LogP contribution in [-0.4, -0.2) is 58.8 Å². The van der Waals surface area contributed by atoms with Crippen LogP contribution >= 0.6 is 7.60 Å². The van der Waals surface area contributed by atoms with Crippen LogP contribution in [0.4, 0.5) is 5.82 Å². The predicted molar refractivity (Wildman–Crippen MR) is 89.3 cm³/mol. The second-order valence-corrected chi connectivity index (χ2v) is 7.30. The number of allylic oxidation sites excluding steroid dienone is 1. The molecule has 0 amide bonds. The summed E-state index contributed by atoms with van der Waals surface area (Å²) in [6.07, 6.45) is -1.94. The van der Waals surface area contributed by atoms with Crippen molar-refractivity contribution in [1.82, 2.24) is 9.55 Å². The lowest BCUT2D eigenvalue weighted by Crippen LogP contribution is -2.36. The molecule has 25 heavy (non-hydrogen) atoms. The van der Waals surface area contributed by atoms with Gasteiger partial charge in [0.25, 0.3) is 0 Å². The summed E-state index contributed by atoms with van der Waals surface area (Å²) in [4.78, 5) is 15.8. The Labute approximate surface area is 144 Å². The molecule has 0 saturated carbocycles. The normalized spacial score (nSPS) is 29.0. The molecule has 3 N–H and O–H groups in total. The van der Waals surface area contributed by atoms with Gasteiger partial charge < -0.3 is 29.3 Å². The average Bonchev–Trinajstić information content (AvgIpc) is 2.88. The molecule has 0 bridgehead atoms. The molecule has 140 valence electrons. The van der Waals surface area contributed by atoms with Gasteiger partial charge in [0, 0.05) is 26.2 Å². The quantitative estimate of drug-likeness (QED) is 0.575. The summed E-state index contributed by atoms with van der Waals surface area (Å²) in [5.74, 6) is 1.63. The number of aliphatic hydroxyl groups is 2. The Morgan fingerprint density at radius 2 is 2.20 bits per heavy atom. The number of ether oxygens (including phenoxy) is 1. The number of nitrogens with one attached hydrogen (secondary N) is 1. The van der Waals surface area contributed by atoms with Crippen LogP contribution in [0, 0.1) is 0 Å². The van der Waals surface area contributed by atoms with E-state index in [4.69, 9.17) is 13.8 Å². The Morgan fingerprint density at radius 3 is 2.76 bits per heavy atom. The molecule has 5 atom stereocenters. The van der Waals surface area contributed by atoms with Gasteiger partial charge in [0.15, 0.2) is 6.23 Å². The lowest BCUT2D eigenvalue weighted by atomic mass is 10.1. The minimum absolute atomic E-state index is 0.291. The van der Waals surface area contributed by atoms with Gasteiger partial charge in [-0.3, -0.25) is 9.13 Å². The van der Waals surface area contributed by atoms with Crippen LogP contribution in [0.2, 0.25) is 0 Å². The summed E-state index contributed by atoms with van der Waals surface area (Å²) in [6, 6.07) is 1.53. The molecule has 1 saturated heterocycles. The van der Waals surface area contributed by atoms with Crippen LogP contribution < -0.4 is 11.0 Å². The molecule has 0 aliphatic carbocycles. The third kappa shape index (κ3) is 4.35. The zero-order valence-corrected chi connectivity index (χ0v) is 15.0. The van der Waals surface area contributed by atoms with E-state index in [-0.39, 0.29) is 6.61 Å². The third-order valence-corrected chi connectivity index (χ3v) is 5.38. The van der Waals surface area contributed by atoms with Crippen molar-refractivity contribution in [3.05, 3.63) is 34.6 Å². The Balaban J connectivity index is 2.13. The summed E-state index contributed by atoms with van der Waals surface area (Å²) >= 11 is 0. The molecule has 1 aromatic rings. The average molecular weight is 375 g/mol. The van der Waals surface area contributed by atoms with Crippen molar-refractivity contribution in [2.75, 3.05) is 26.1 Å². The second kappa shape index (κ2) is 8.22. The Kier molecular flexibility index (Phi) is 6.50. The summed E-state index contributed by atoms with van der Waals surface area (Å²) in [5.41, 5.74) is -0.652.